The molecule has 0 bridgehead atoms. The molecule has 0 spiro atoms. The maximum atomic E-state index is 5.50. The van der Waals surface area contributed by atoms with Crippen molar-refractivity contribution in [2.75, 3.05) is 19.6 Å². The Hall–Kier alpha value is -0.650. The Morgan fingerprint density at radius 2 is 2.05 bits per heavy atom. The lowest BCUT2D eigenvalue weighted by Crippen LogP contribution is -2.24. The van der Waals surface area contributed by atoms with E-state index in [0.717, 1.165) is 40.8 Å². The number of H-pyrrole nitrogens is 1. The summed E-state index contributed by atoms with van der Waals surface area (Å²) in [6, 6.07) is 6.68. The van der Waals surface area contributed by atoms with Crippen molar-refractivity contribution in [2.45, 2.75) is 39.7 Å². The highest BCUT2D eigenvalue weighted by atomic mass is 79.9. The van der Waals surface area contributed by atoms with Crippen LogP contribution in [0.3, 0.4) is 0 Å². The van der Waals surface area contributed by atoms with Gasteiger partial charge in [0.15, 0.2) is 4.77 Å². The Balaban J connectivity index is 2.12. The summed E-state index contributed by atoms with van der Waals surface area (Å²) in [6.07, 6.45) is 2.34. The molecule has 2 aromatic rings. The topological polar surface area (TPSA) is 24.0 Å². The molecule has 1 unspecified atom stereocenters. The fourth-order valence-electron chi connectivity index (χ4n) is 2.81. The fourth-order valence-corrected chi connectivity index (χ4v) is 3.55. The predicted molar refractivity (Wildman–Crippen MR) is 96.6 cm³/mol. The van der Waals surface area contributed by atoms with E-state index in [-0.39, 0.29) is 0 Å². The first-order valence-corrected chi connectivity index (χ1v) is 8.89. The van der Waals surface area contributed by atoms with Gasteiger partial charge in [-0.1, -0.05) is 29.8 Å². The molecule has 0 saturated heterocycles. The van der Waals surface area contributed by atoms with Gasteiger partial charge >= 0.3 is 0 Å². The van der Waals surface area contributed by atoms with Crippen molar-refractivity contribution in [1.82, 2.24) is 14.5 Å². The number of nitrogens with zero attached hydrogens (tertiary/aromatic N) is 2. The number of rotatable bonds is 7. The van der Waals surface area contributed by atoms with Crippen molar-refractivity contribution >= 4 is 39.2 Å². The van der Waals surface area contributed by atoms with Gasteiger partial charge in [-0.3, -0.25) is 0 Å². The first-order chi connectivity index (χ1) is 10.1. The Morgan fingerprint density at radius 3 is 2.71 bits per heavy atom. The minimum atomic E-state index is 0.413. The largest absolute Gasteiger partial charge is 0.331 e. The molecule has 0 aliphatic carbocycles. The molecule has 0 saturated carbocycles. The van der Waals surface area contributed by atoms with Gasteiger partial charge < -0.3 is 14.5 Å². The molecule has 1 atom stereocenters. The molecule has 116 valence electrons. The number of fused-ring (bicyclic) bond motifs is 1. The van der Waals surface area contributed by atoms with E-state index >= 15 is 0 Å². The summed E-state index contributed by atoms with van der Waals surface area (Å²) in [7, 11) is 0. The molecule has 1 aromatic carbocycles. The van der Waals surface area contributed by atoms with Crippen LogP contribution in [-0.2, 0) is 0 Å². The number of benzene rings is 1. The van der Waals surface area contributed by atoms with Crippen LogP contribution in [0, 0.1) is 4.77 Å². The maximum Gasteiger partial charge on any atom is 0.178 e. The summed E-state index contributed by atoms with van der Waals surface area (Å²) in [5.74, 6) is 0. The minimum Gasteiger partial charge on any atom is -0.331 e. The summed E-state index contributed by atoms with van der Waals surface area (Å²) in [5.41, 5.74) is 2.29. The van der Waals surface area contributed by atoms with Crippen molar-refractivity contribution in [3.05, 3.63) is 27.4 Å². The zero-order chi connectivity index (χ0) is 15.4. The lowest BCUT2D eigenvalue weighted by atomic mass is 10.1. The molecule has 0 amide bonds. The van der Waals surface area contributed by atoms with Crippen molar-refractivity contribution in [3.8, 4) is 0 Å². The van der Waals surface area contributed by atoms with E-state index in [1.165, 1.54) is 11.9 Å². The van der Waals surface area contributed by atoms with E-state index in [9.17, 15) is 0 Å². The molecule has 21 heavy (non-hydrogen) atoms. The Kier molecular flexibility index (Phi) is 6.02. The van der Waals surface area contributed by atoms with Gasteiger partial charge in [0.05, 0.1) is 11.0 Å². The van der Waals surface area contributed by atoms with Gasteiger partial charge in [0.1, 0.15) is 0 Å². The number of nitrogens with one attached hydrogen (secondary N) is 1. The van der Waals surface area contributed by atoms with Crippen LogP contribution in [0.2, 0.25) is 0 Å². The Labute approximate surface area is 140 Å². The molecule has 0 aliphatic heterocycles. The maximum absolute atomic E-state index is 5.50. The SMILES string of the molecule is CCN(CC)CCCC(C)n1c(=S)[nH]c2ccc(Br)cc21. The van der Waals surface area contributed by atoms with E-state index in [0.29, 0.717) is 6.04 Å². The second kappa shape index (κ2) is 7.56. The lowest BCUT2D eigenvalue weighted by molar-refractivity contribution is 0.288. The Morgan fingerprint density at radius 1 is 1.33 bits per heavy atom. The number of hydrogen-bond acceptors (Lipinski definition) is 2. The first kappa shape index (κ1) is 16.7. The zero-order valence-electron chi connectivity index (χ0n) is 13.0. The minimum absolute atomic E-state index is 0.413. The van der Waals surface area contributed by atoms with Crippen molar-refractivity contribution < 1.29 is 0 Å². The van der Waals surface area contributed by atoms with E-state index < -0.39 is 0 Å². The summed E-state index contributed by atoms with van der Waals surface area (Å²) in [5, 5.41) is 0. The number of aromatic nitrogens is 2. The van der Waals surface area contributed by atoms with Crippen LogP contribution in [-0.4, -0.2) is 34.1 Å². The second-order valence-corrected chi connectivity index (χ2v) is 6.78. The van der Waals surface area contributed by atoms with Gasteiger partial charge in [-0.05, 0) is 69.8 Å². The van der Waals surface area contributed by atoms with Gasteiger partial charge in [0.25, 0.3) is 0 Å². The standard InChI is InChI=1S/C16H24BrN3S/c1-4-19(5-2)10-6-7-12(3)20-15-11-13(17)8-9-14(15)18-16(20)21/h8-9,11-12H,4-7,10H2,1-3H3,(H,18,21). The third-order valence-corrected chi connectivity index (χ3v) is 4.90. The summed E-state index contributed by atoms with van der Waals surface area (Å²) in [6.45, 7) is 10.1. The highest BCUT2D eigenvalue weighted by Gasteiger charge is 2.12. The monoisotopic (exact) mass is 369 g/mol. The smallest absolute Gasteiger partial charge is 0.178 e. The number of halogens is 1. The van der Waals surface area contributed by atoms with Crippen molar-refractivity contribution in [3.63, 3.8) is 0 Å². The lowest BCUT2D eigenvalue weighted by Gasteiger charge is -2.20. The van der Waals surface area contributed by atoms with Crippen LogP contribution in [0.1, 0.15) is 39.7 Å². The van der Waals surface area contributed by atoms with Crippen molar-refractivity contribution in [2.24, 2.45) is 0 Å². The van der Waals surface area contributed by atoms with Crippen LogP contribution in [0.25, 0.3) is 11.0 Å². The fraction of sp³-hybridized carbons (Fsp3) is 0.562. The molecule has 3 nitrogen and oxygen atoms in total. The highest BCUT2D eigenvalue weighted by molar-refractivity contribution is 9.10. The van der Waals surface area contributed by atoms with Crippen LogP contribution >= 0.6 is 28.1 Å². The highest BCUT2D eigenvalue weighted by Crippen LogP contribution is 2.25. The molecule has 0 fully saturated rings. The molecule has 5 heteroatoms. The molecule has 2 rings (SSSR count). The molecule has 1 heterocycles. The van der Waals surface area contributed by atoms with Crippen LogP contribution in [0.5, 0.6) is 0 Å². The number of hydrogen-bond donors (Lipinski definition) is 1. The predicted octanol–water partition coefficient (Wildman–Crippen LogP) is 5.14. The average Bonchev–Trinajstić information content (AvgIpc) is 2.78. The van der Waals surface area contributed by atoms with E-state index in [4.69, 9.17) is 12.2 Å². The van der Waals surface area contributed by atoms with Gasteiger partial charge in [-0.25, -0.2) is 0 Å². The van der Waals surface area contributed by atoms with Crippen LogP contribution < -0.4 is 0 Å². The third kappa shape index (κ3) is 3.96. The second-order valence-electron chi connectivity index (χ2n) is 5.48. The van der Waals surface area contributed by atoms with Gasteiger partial charge in [0, 0.05) is 10.5 Å². The summed E-state index contributed by atoms with van der Waals surface area (Å²) >= 11 is 9.05. The molecular formula is C16H24BrN3S. The van der Waals surface area contributed by atoms with Gasteiger partial charge in [-0.2, -0.15) is 0 Å². The number of imidazole rings is 1. The molecular weight excluding hydrogens is 346 g/mol. The third-order valence-electron chi connectivity index (χ3n) is 4.11. The molecule has 0 radical (unpaired) electrons. The van der Waals surface area contributed by atoms with E-state index in [1.807, 2.05) is 6.07 Å². The number of aromatic amines is 1. The first-order valence-electron chi connectivity index (χ1n) is 7.69. The normalized spacial score (nSPS) is 13.2. The molecule has 1 aromatic heterocycles. The molecule has 0 aliphatic rings. The van der Waals surface area contributed by atoms with Gasteiger partial charge in [-0.15, -0.1) is 0 Å². The Bertz CT molecular complexity index is 642. The summed E-state index contributed by atoms with van der Waals surface area (Å²) < 4.78 is 4.16. The van der Waals surface area contributed by atoms with Crippen LogP contribution in [0.15, 0.2) is 22.7 Å². The van der Waals surface area contributed by atoms with E-state index in [1.54, 1.807) is 0 Å². The average molecular weight is 370 g/mol. The van der Waals surface area contributed by atoms with Gasteiger partial charge in [0.2, 0.25) is 0 Å². The summed E-state index contributed by atoms with van der Waals surface area (Å²) in [4.78, 5) is 5.77. The van der Waals surface area contributed by atoms with Crippen LogP contribution in [0.4, 0.5) is 0 Å². The zero-order valence-corrected chi connectivity index (χ0v) is 15.4. The molecule has 1 N–H and O–H groups in total. The van der Waals surface area contributed by atoms with Crippen molar-refractivity contribution in [1.29, 1.82) is 0 Å². The quantitative estimate of drug-likeness (QED) is 0.682. The van der Waals surface area contributed by atoms with E-state index in [2.05, 4.69) is 63.3 Å².